The van der Waals surface area contributed by atoms with Gasteiger partial charge >= 0.3 is 7.12 Å². The molecule has 2 aliphatic carbocycles. The predicted molar refractivity (Wildman–Crippen MR) is 412 cm³/mol. The average molecular weight is 1330 g/mol. The third-order valence-corrected chi connectivity index (χ3v) is 21.0. The van der Waals surface area contributed by atoms with Gasteiger partial charge in [-0.15, -0.1) is 0 Å². The predicted octanol–water partition coefficient (Wildman–Crippen LogP) is 24.7. The summed E-state index contributed by atoms with van der Waals surface area (Å²) in [7, 11) is -0.356. The Morgan fingerprint density at radius 2 is 0.622 bits per heavy atom. The van der Waals surface area contributed by atoms with Crippen molar-refractivity contribution < 1.29 is 18.1 Å². The van der Waals surface area contributed by atoms with E-state index in [-0.39, 0.29) is 18.3 Å². The van der Waals surface area contributed by atoms with Crippen molar-refractivity contribution in [3.8, 4) is 100 Å². The Morgan fingerprint density at radius 3 is 1.10 bits per heavy atom. The second kappa shape index (κ2) is 25.0. The van der Waals surface area contributed by atoms with Crippen molar-refractivity contribution in [3.63, 3.8) is 0 Å². The van der Waals surface area contributed by atoms with E-state index < -0.39 is 0 Å². The van der Waals surface area contributed by atoms with Gasteiger partial charge in [-0.2, -0.15) is 0 Å². The van der Waals surface area contributed by atoms with E-state index in [9.17, 15) is 0 Å². The molecule has 0 saturated carbocycles. The van der Waals surface area contributed by atoms with Crippen LogP contribution < -0.4 is 5.46 Å². The second-order valence-electron chi connectivity index (χ2n) is 26.9. The number of para-hydroxylation sites is 4. The normalized spacial score (nSPS) is 13.7. The summed E-state index contributed by atoms with van der Waals surface area (Å²) in [6, 6.07) is 113. The van der Waals surface area contributed by atoms with E-state index in [0.29, 0.717) is 0 Å². The SMILES string of the molecule is Brc1ccc(-c2cccc3c2oc2ccccc23)cc1.CC1(C)OB(c2ccc3c(c2)-c2cc(-c4ccccc4)cc(-c4ccccc4)c2C3)OC1(C)C.c1ccc(-c2cc(-c3ccccc3)c3c(c2)-c2cc(-c4ccc(-c5cccc6c5oc5ccccc56)cc4)ccc2C3)cc1. The van der Waals surface area contributed by atoms with Crippen molar-refractivity contribution in [2.24, 2.45) is 0 Å². The van der Waals surface area contributed by atoms with Crippen LogP contribution in [-0.2, 0) is 22.2 Å². The first-order valence-electron chi connectivity index (χ1n) is 33.8. The highest BCUT2D eigenvalue weighted by atomic mass is 79.9. The second-order valence-corrected chi connectivity index (χ2v) is 27.9. The van der Waals surface area contributed by atoms with E-state index in [1.807, 2.05) is 30.3 Å². The number of rotatable bonds is 8. The van der Waals surface area contributed by atoms with Gasteiger partial charge in [0.15, 0.2) is 0 Å². The molecule has 98 heavy (non-hydrogen) atoms. The van der Waals surface area contributed by atoms with E-state index in [1.165, 1.54) is 111 Å². The molecule has 1 saturated heterocycles. The molecule has 0 amide bonds. The van der Waals surface area contributed by atoms with Gasteiger partial charge in [0, 0.05) is 37.1 Å². The lowest BCUT2D eigenvalue weighted by molar-refractivity contribution is 0.00578. The van der Waals surface area contributed by atoms with Crippen LogP contribution in [0.4, 0.5) is 0 Å². The number of fused-ring (bicyclic) bond motifs is 12. The molecule has 470 valence electrons. The van der Waals surface area contributed by atoms with Crippen LogP contribution in [0.3, 0.4) is 0 Å². The summed E-state index contributed by atoms with van der Waals surface area (Å²) in [5.74, 6) is 0. The molecule has 4 nitrogen and oxygen atoms in total. The Bertz CT molecular complexity index is 5660. The smallest absolute Gasteiger partial charge is 0.455 e. The zero-order valence-electron chi connectivity index (χ0n) is 55.0. The summed E-state index contributed by atoms with van der Waals surface area (Å²) in [5, 5.41) is 4.65. The first-order valence-corrected chi connectivity index (χ1v) is 34.6. The molecular weight excluding hydrogens is 1260 g/mol. The van der Waals surface area contributed by atoms with Crippen molar-refractivity contribution in [2.45, 2.75) is 51.7 Å². The Kier molecular flexibility index (Phi) is 15.5. The lowest BCUT2D eigenvalue weighted by atomic mass is 9.77. The molecule has 6 heteroatoms. The van der Waals surface area contributed by atoms with E-state index in [1.54, 1.807) is 0 Å². The average Bonchev–Trinajstić information content (AvgIpc) is 1.60. The molecule has 16 aromatic rings. The van der Waals surface area contributed by atoms with Crippen LogP contribution >= 0.6 is 15.9 Å². The molecule has 0 radical (unpaired) electrons. The maximum Gasteiger partial charge on any atom is 0.494 e. The van der Waals surface area contributed by atoms with Gasteiger partial charge in [0.25, 0.3) is 0 Å². The van der Waals surface area contributed by atoms with Gasteiger partial charge < -0.3 is 18.1 Å². The largest absolute Gasteiger partial charge is 0.494 e. The van der Waals surface area contributed by atoms with Crippen molar-refractivity contribution in [1.82, 2.24) is 0 Å². The van der Waals surface area contributed by atoms with Gasteiger partial charge in [-0.05, 0) is 212 Å². The fourth-order valence-electron chi connectivity index (χ4n) is 14.6. The fourth-order valence-corrected chi connectivity index (χ4v) is 14.9. The molecule has 2 aromatic heterocycles. The Labute approximate surface area is 580 Å². The van der Waals surface area contributed by atoms with E-state index >= 15 is 0 Å². The standard InChI is InChI=1S/C43H28O.C31H29BO2.C18H11BrO/c1-3-10-28(11-4-1)34-26-38(30-12-5-2-6-13-30)40-25-33-23-22-32(24-39(33)41(40)27-34)29-18-20-31(21-19-29)35-15-9-16-37-36-14-7-8-17-42(36)44-43(35)37;1-30(2)31(3,4)34-32(33-30)25-16-15-23-17-28-26(22-13-9-6-10-14-22)18-24(19-29(28)27(23)20-25)21-11-7-5-8-12-21;19-13-10-8-12(9-11-13)14-5-3-6-16-15-4-1-2-7-17(15)20-18(14)16/h1-24,26-27H,25H2;5-16,18-20H,17H2,1-4H3;1-11H. The molecule has 3 aliphatic rings. The monoisotopic (exact) mass is 1330 g/mol. The molecule has 0 atom stereocenters. The maximum atomic E-state index is 6.36. The Hall–Kier alpha value is -10.9. The minimum atomic E-state index is -0.356. The molecule has 0 unspecified atom stereocenters. The number of benzene rings is 14. The zero-order valence-corrected chi connectivity index (χ0v) is 56.6. The van der Waals surface area contributed by atoms with E-state index in [0.717, 1.165) is 78.1 Å². The highest BCUT2D eigenvalue weighted by Crippen LogP contribution is 2.48. The third-order valence-electron chi connectivity index (χ3n) is 20.5. The highest BCUT2D eigenvalue weighted by molar-refractivity contribution is 9.10. The van der Waals surface area contributed by atoms with Crippen LogP contribution in [0, 0.1) is 0 Å². The molecule has 1 fully saturated rings. The first kappa shape index (κ1) is 60.8. The van der Waals surface area contributed by atoms with Gasteiger partial charge in [-0.3, -0.25) is 0 Å². The summed E-state index contributed by atoms with van der Waals surface area (Å²) < 4.78 is 26.2. The molecule has 19 rings (SSSR count). The van der Waals surface area contributed by atoms with Gasteiger partial charge in [0.05, 0.1) is 11.2 Å². The summed E-state index contributed by atoms with van der Waals surface area (Å²) >= 11 is 3.47. The van der Waals surface area contributed by atoms with Gasteiger partial charge in [-0.1, -0.05) is 277 Å². The molecule has 0 bridgehead atoms. The van der Waals surface area contributed by atoms with Crippen molar-refractivity contribution in [3.05, 3.63) is 342 Å². The van der Waals surface area contributed by atoms with Crippen LogP contribution in [0.25, 0.3) is 144 Å². The van der Waals surface area contributed by atoms with Crippen LogP contribution in [-0.4, -0.2) is 18.3 Å². The minimum Gasteiger partial charge on any atom is -0.455 e. The molecule has 1 aliphatic heterocycles. The van der Waals surface area contributed by atoms with Crippen LogP contribution in [0.1, 0.15) is 49.9 Å². The fraction of sp³-hybridized carbons (Fsp3) is 0.0870. The molecule has 0 N–H and O–H groups in total. The summed E-state index contributed by atoms with van der Waals surface area (Å²) in [4.78, 5) is 0. The van der Waals surface area contributed by atoms with Gasteiger partial charge in [0.1, 0.15) is 22.3 Å². The lowest BCUT2D eigenvalue weighted by Gasteiger charge is -2.32. The Balaban J connectivity index is 0.000000118. The molecule has 14 aromatic carbocycles. The van der Waals surface area contributed by atoms with Crippen molar-refractivity contribution >= 4 is 72.4 Å². The van der Waals surface area contributed by atoms with E-state index in [4.69, 9.17) is 18.1 Å². The Morgan fingerprint density at radius 1 is 0.276 bits per heavy atom. The minimum absolute atomic E-state index is 0.352. The lowest BCUT2D eigenvalue weighted by Crippen LogP contribution is -2.41. The van der Waals surface area contributed by atoms with Crippen molar-refractivity contribution in [2.75, 3.05) is 0 Å². The number of hydrogen-bond donors (Lipinski definition) is 0. The summed E-state index contributed by atoms with van der Waals surface area (Å²) in [6.07, 6.45) is 1.89. The highest BCUT2D eigenvalue weighted by Gasteiger charge is 2.52. The van der Waals surface area contributed by atoms with Gasteiger partial charge in [0.2, 0.25) is 0 Å². The topological polar surface area (TPSA) is 44.7 Å². The van der Waals surface area contributed by atoms with Crippen molar-refractivity contribution in [1.29, 1.82) is 0 Å². The van der Waals surface area contributed by atoms with E-state index in [2.05, 4.69) is 329 Å². The molecule has 3 heterocycles. The molecule has 0 spiro atoms. The molecular formula is C92H68BBrO4. The number of halogens is 1. The van der Waals surface area contributed by atoms with Crippen LogP contribution in [0.5, 0.6) is 0 Å². The third kappa shape index (κ3) is 11.2. The summed E-state index contributed by atoms with van der Waals surface area (Å²) in [6.45, 7) is 8.42. The first-order chi connectivity index (χ1) is 47.9. The summed E-state index contributed by atoms with van der Waals surface area (Å²) in [5.41, 5.74) is 32.1. The maximum absolute atomic E-state index is 6.36. The van der Waals surface area contributed by atoms with Crippen LogP contribution in [0.15, 0.2) is 329 Å². The zero-order chi connectivity index (χ0) is 66.1. The number of furan rings is 2. The quantitative estimate of drug-likeness (QED) is 0.142. The van der Waals surface area contributed by atoms with Gasteiger partial charge in [-0.25, -0.2) is 0 Å². The van der Waals surface area contributed by atoms with Crippen LogP contribution in [0.2, 0.25) is 0 Å². The number of hydrogen-bond acceptors (Lipinski definition) is 4.